The van der Waals surface area contributed by atoms with Crippen molar-refractivity contribution in [3.8, 4) is 11.3 Å². The van der Waals surface area contributed by atoms with Crippen molar-refractivity contribution in [1.82, 2.24) is 25.2 Å². The normalized spacial score (nSPS) is 10.5. The van der Waals surface area contributed by atoms with Gasteiger partial charge in [-0.3, -0.25) is 9.89 Å². The Balaban J connectivity index is 1.75. The van der Waals surface area contributed by atoms with E-state index in [4.69, 9.17) is 4.52 Å². The van der Waals surface area contributed by atoms with Gasteiger partial charge in [-0.15, -0.1) is 0 Å². The van der Waals surface area contributed by atoms with E-state index >= 15 is 0 Å². The number of hydrogen-bond donors (Lipinski definition) is 1. The fourth-order valence-electron chi connectivity index (χ4n) is 1.91. The average Bonchev–Trinajstić information content (AvgIpc) is 3.18. The van der Waals surface area contributed by atoms with Crippen molar-refractivity contribution in [3.63, 3.8) is 0 Å². The highest BCUT2D eigenvalue weighted by Gasteiger charge is 2.18. The van der Waals surface area contributed by atoms with Crippen LogP contribution in [0, 0.1) is 0 Å². The van der Waals surface area contributed by atoms with Gasteiger partial charge in [0.1, 0.15) is 12.2 Å². The van der Waals surface area contributed by atoms with Gasteiger partial charge in [0, 0.05) is 18.7 Å². The van der Waals surface area contributed by atoms with Gasteiger partial charge in [-0.05, 0) is 0 Å². The van der Waals surface area contributed by atoms with Crippen molar-refractivity contribution >= 4 is 5.91 Å². The van der Waals surface area contributed by atoms with E-state index in [0.717, 1.165) is 5.56 Å². The highest BCUT2D eigenvalue weighted by atomic mass is 16.5. The van der Waals surface area contributed by atoms with Crippen LogP contribution in [-0.2, 0) is 6.54 Å². The smallest absolute Gasteiger partial charge is 0.276 e. The van der Waals surface area contributed by atoms with Gasteiger partial charge in [0.05, 0.1) is 6.54 Å². The maximum absolute atomic E-state index is 12.3. The SMILES string of the molecule is CN(Cc1ncn[nH]1)C(=O)c1cc(-c2ccccc2)on1. The van der Waals surface area contributed by atoms with E-state index in [2.05, 4.69) is 20.3 Å². The standard InChI is InChI=1S/C14H13N5O2/c1-19(8-13-15-9-16-17-13)14(20)11-7-12(21-18-11)10-5-3-2-4-6-10/h2-7,9H,8H2,1H3,(H,15,16,17). The predicted molar refractivity (Wildman–Crippen MR) is 74.1 cm³/mol. The van der Waals surface area contributed by atoms with Crippen LogP contribution in [0.1, 0.15) is 16.3 Å². The Morgan fingerprint density at radius 2 is 2.14 bits per heavy atom. The number of aromatic nitrogens is 4. The Labute approximate surface area is 120 Å². The van der Waals surface area contributed by atoms with Crippen molar-refractivity contribution < 1.29 is 9.32 Å². The molecule has 0 aliphatic heterocycles. The zero-order valence-electron chi connectivity index (χ0n) is 11.4. The molecule has 0 spiro atoms. The lowest BCUT2D eigenvalue weighted by Gasteiger charge is -2.12. The summed E-state index contributed by atoms with van der Waals surface area (Å²) >= 11 is 0. The molecule has 0 atom stereocenters. The summed E-state index contributed by atoms with van der Waals surface area (Å²) in [6.07, 6.45) is 1.40. The number of carbonyl (C=O) groups excluding carboxylic acids is 1. The molecular weight excluding hydrogens is 270 g/mol. The maximum Gasteiger partial charge on any atom is 0.276 e. The van der Waals surface area contributed by atoms with Gasteiger partial charge in [-0.25, -0.2) is 4.98 Å². The number of aromatic amines is 1. The fourth-order valence-corrected chi connectivity index (χ4v) is 1.91. The Kier molecular flexibility index (Phi) is 3.46. The Hall–Kier alpha value is -2.96. The molecule has 3 aromatic rings. The predicted octanol–water partition coefficient (Wildman–Crippen LogP) is 1.73. The molecule has 0 radical (unpaired) electrons. The van der Waals surface area contributed by atoms with E-state index in [0.29, 0.717) is 18.1 Å². The van der Waals surface area contributed by atoms with Gasteiger partial charge >= 0.3 is 0 Å². The summed E-state index contributed by atoms with van der Waals surface area (Å²) in [6, 6.07) is 11.1. The molecule has 0 aliphatic carbocycles. The van der Waals surface area contributed by atoms with Crippen LogP contribution in [0.2, 0.25) is 0 Å². The molecule has 1 aromatic carbocycles. The molecule has 2 heterocycles. The molecule has 3 rings (SSSR count). The number of carbonyl (C=O) groups is 1. The first-order chi connectivity index (χ1) is 10.2. The lowest BCUT2D eigenvalue weighted by Crippen LogP contribution is -2.26. The van der Waals surface area contributed by atoms with Crippen LogP contribution in [-0.4, -0.2) is 38.2 Å². The highest BCUT2D eigenvalue weighted by molar-refractivity contribution is 5.92. The van der Waals surface area contributed by atoms with E-state index in [9.17, 15) is 4.79 Å². The fraction of sp³-hybridized carbons (Fsp3) is 0.143. The van der Waals surface area contributed by atoms with Crippen LogP contribution in [0.15, 0.2) is 47.2 Å². The van der Waals surface area contributed by atoms with Crippen LogP contribution in [0.3, 0.4) is 0 Å². The molecule has 2 aromatic heterocycles. The summed E-state index contributed by atoms with van der Waals surface area (Å²) in [4.78, 5) is 17.7. The van der Waals surface area contributed by atoms with Gasteiger partial charge in [0.15, 0.2) is 11.5 Å². The number of nitrogens with one attached hydrogen (secondary N) is 1. The lowest BCUT2D eigenvalue weighted by molar-refractivity contribution is 0.0771. The molecule has 1 amide bonds. The Bertz CT molecular complexity index is 721. The molecule has 0 bridgehead atoms. The van der Waals surface area contributed by atoms with Crippen molar-refractivity contribution in [1.29, 1.82) is 0 Å². The molecule has 0 saturated heterocycles. The number of H-pyrrole nitrogens is 1. The number of nitrogens with zero attached hydrogens (tertiary/aromatic N) is 4. The molecule has 7 heteroatoms. The first kappa shape index (κ1) is 13.0. The largest absolute Gasteiger partial charge is 0.355 e. The van der Waals surface area contributed by atoms with Gasteiger partial charge < -0.3 is 9.42 Å². The topological polar surface area (TPSA) is 87.9 Å². The quantitative estimate of drug-likeness (QED) is 0.787. The number of benzene rings is 1. The first-order valence-electron chi connectivity index (χ1n) is 6.36. The van der Waals surface area contributed by atoms with Gasteiger partial charge in [-0.1, -0.05) is 35.5 Å². The van der Waals surface area contributed by atoms with Crippen LogP contribution in [0.5, 0.6) is 0 Å². The molecule has 1 N–H and O–H groups in total. The van der Waals surface area contributed by atoms with E-state index < -0.39 is 0 Å². The zero-order valence-corrected chi connectivity index (χ0v) is 11.4. The van der Waals surface area contributed by atoms with Crippen LogP contribution < -0.4 is 0 Å². The second-order valence-electron chi connectivity index (χ2n) is 4.54. The van der Waals surface area contributed by atoms with Crippen molar-refractivity contribution in [2.75, 3.05) is 7.05 Å². The highest BCUT2D eigenvalue weighted by Crippen LogP contribution is 2.20. The van der Waals surface area contributed by atoms with Crippen LogP contribution >= 0.6 is 0 Å². The summed E-state index contributed by atoms with van der Waals surface area (Å²) in [6.45, 7) is 0.326. The summed E-state index contributed by atoms with van der Waals surface area (Å²) in [5.41, 5.74) is 1.14. The summed E-state index contributed by atoms with van der Waals surface area (Å²) in [5.74, 6) is 0.932. The van der Waals surface area contributed by atoms with Gasteiger partial charge in [-0.2, -0.15) is 5.10 Å². The average molecular weight is 283 g/mol. The van der Waals surface area contributed by atoms with Crippen molar-refractivity contribution in [2.45, 2.75) is 6.54 Å². The van der Waals surface area contributed by atoms with Crippen molar-refractivity contribution in [3.05, 3.63) is 54.2 Å². The monoisotopic (exact) mass is 283 g/mol. The summed E-state index contributed by atoms with van der Waals surface area (Å²) in [5, 5.41) is 10.3. The molecular formula is C14H13N5O2. The van der Waals surface area contributed by atoms with Gasteiger partial charge in [0.2, 0.25) is 0 Å². The van der Waals surface area contributed by atoms with Crippen LogP contribution in [0.25, 0.3) is 11.3 Å². The summed E-state index contributed by atoms with van der Waals surface area (Å²) < 4.78 is 5.22. The third-order valence-corrected chi connectivity index (χ3v) is 2.99. The van der Waals surface area contributed by atoms with Crippen LogP contribution in [0.4, 0.5) is 0 Å². The van der Waals surface area contributed by atoms with E-state index in [-0.39, 0.29) is 11.6 Å². The molecule has 0 aliphatic rings. The third kappa shape index (κ3) is 2.81. The van der Waals surface area contributed by atoms with E-state index in [1.165, 1.54) is 11.2 Å². The maximum atomic E-state index is 12.3. The molecule has 0 unspecified atom stereocenters. The molecule has 0 fully saturated rings. The van der Waals surface area contributed by atoms with E-state index in [1.807, 2.05) is 30.3 Å². The zero-order chi connectivity index (χ0) is 14.7. The lowest BCUT2D eigenvalue weighted by atomic mass is 10.1. The third-order valence-electron chi connectivity index (χ3n) is 2.99. The minimum Gasteiger partial charge on any atom is -0.355 e. The molecule has 7 nitrogen and oxygen atoms in total. The minimum atomic E-state index is -0.239. The second-order valence-corrected chi connectivity index (χ2v) is 4.54. The summed E-state index contributed by atoms with van der Waals surface area (Å²) in [7, 11) is 1.67. The number of amides is 1. The Morgan fingerprint density at radius 1 is 1.33 bits per heavy atom. The number of rotatable bonds is 4. The minimum absolute atomic E-state index is 0.239. The van der Waals surface area contributed by atoms with E-state index in [1.54, 1.807) is 13.1 Å². The van der Waals surface area contributed by atoms with Crippen molar-refractivity contribution in [2.24, 2.45) is 0 Å². The molecule has 0 saturated carbocycles. The second kappa shape index (κ2) is 5.58. The molecule has 106 valence electrons. The molecule has 21 heavy (non-hydrogen) atoms. The van der Waals surface area contributed by atoms with Gasteiger partial charge in [0.25, 0.3) is 5.91 Å². The number of hydrogen-bond acceptors (Lipinski definition) is 5. The first-order valence-corrected chi connectivity index (χ1v) is 6.36. The Morgan fingerprint density at radius 3 is 2.86 bits per heavy atom.